The van der Waals surface area contributed by atoms with Gasteiger partial charge in [-0.2, -0.15) is 16.4 Å². The molecular formula is C26H21Cl2N3O2S. The lowest BCUT2D eigenvalue weighted by molar-refractivity contribution is 0.0926. The fourth-order valence-electron chi connectivity index (χ4n) is 4.02. The van der Waals surface area contributed by atoms with Crippen molar-refractivity contribution in [1.29, 1.82) is 0 Å². The van der Waals surface area contributed by atoms with Crippen molar-refractivity contribution in [3.8, 4) is 5.69 Å². The summed E-state index contributed by atoms with van der Waals surface area (Å²) >= 11 is 14.3. The predicted octanol–water partition coefficient (Wildman–Crippen LogP) is 6.80. The van der Waals surface area contributed by atoms with Gasteiger partial charge >= 0.3 is 0 Å². The molecule has 5 rings (SSSR count). The molecule has 1 aliphatic heterocycles. The van der Waals surface area contributed by atoms with Crippen molar-refractivity contribution in [1.82, 2.24) is 15.1 Å². The Morgan fingerprint density at radius 1 is 1.18 bits per heavy atom. The van der Waals surface area contributed by atoms with E-state index in [1.165, 1.54) is 0 Å². The van der Waals surface area contributed by atoms with Crippen LogP contribution in [0.1, 0.15) is 45.8 Å². The standard InChI is InChI=1S/C26H21Cl2N3O2S/c1-16(18-5-3-2-4-6-18)29-26(32)24-21-14-33-13-19(11-17-9-10-34-15-17)25(21)31(30-24)23-8-7-20(27)12-22(23)28/h2-12,15-16H,13-14H2,1H3,(H,29,32)/b19-11+/t16-/m1/s1. The summed E-state index contributed by atoms with van der Waals surface area (Å²) in [5.41, 5.74) is 5.52. The van der Waals surface area contributed by atoms with Gasteiger partial charge in [0.2, 0.25) is 0 Å². The molecule has 4 aromatic rings. The average molecular weight is 510 g/mol. The molecule has 5 nitrogen and oxygen atoms in total. The van der Waals surface area contributed by atoms with Gasteiger partial charge in [0.15, 0.2) is 5.69 Å². The predicted molar refractivity (Wildman–Crippen MR) is 138 cm³/mol. The summed E-state index contributed by atoms with van der Waals surface area (Å²) in [6.45, 7) is 2.64. The van der Waals surface area contributed by atoms with Gasteiger partial charge in [-0.25, -0.2) is 4.68 Å². The average Bonchev–Trinajstić information content (AvgIpc) is 3.48. The quantitative estimate of drug-likeness (QED) is 0.321. The van der Waals surface area contributed by atoms with Crippen molar-refractivity contribution < 1.29 is 9.53 Å². The molecule has 0 bridgehead atoms. The lowest BCUT2D eigenvalue weighted by atomic mass is 10.0. The zero-order valence-electron chi connectivity index (χ0n) is 18.3. The molecule has 1 N–H and O–H groups in total. The van der Waals surface area contributed by atoms with Gasteiger partial charge in [0.05, 0.1) is 35.7 Å². The smallest absolute Gasteiger partial charge is 0.272 e. The Hall–Kier alpha value is -2.90. The van der Waals surface area contributed by atoms with Crippen LogP contribution in [0.25, 0.3) is 17.3 Å². The van der Waals surface area contributed by atoms with E-state index in [2.05, 4.69) is 16.8 Å². The van der Waals surface area contributed by atoms with E-state index in [1.54, 1.807) is 28.2 Å². The molecule has 2 aromatic heterocycles. The number of ether oxygens (including phenoxy) is 1. The second kappa shape index (κ2) is 9.76. The highest BCUT2D eigenvalue weighted by atomic mass is 35.5. The highest BCUT2D eigenvalue weighted by molar-refractivity contribution is 7.08. The molecule has 34 heavy (non-hydrogen) atoms. The van der Waals surface area contributed by atoms with Crippen molar-refractivity contribution >= 4 is 52.1 Å². The molecule has 0 spiro atoms. The fourth-order valence-corrected chi connectivity index (χ4v) is 5.12. The molecule has 3 heterocycles. The van der Waals surface area contributed by atoms with Crippen LogP contribution in [0.3, 0.4) is 0 Å². The summed E-state index contributed by atoms with van der Waals surface area (Å²) in [4.78, 5) is 13.4. The van der Waals surface area contributed by atoms with Crippen LogP contribution in [-0.2, 0) is 11.3 Å². The SMILES string of the molecule is C[C@@H](NC(=O)c1nn(-c2ccc(Cl)cc2Cl)c2c1COC/C2=C\c1ccsc1)c1ccccc1. The summed E-state index contributed by atoms with van der Waals surface area (Å²) in [6.07, 6.45) is 2.06. The number of carbonyl (C=O) groups is 1. The highest BCUT2D eigenvalue weighted by Gasteiger charge is 2.30. The Labute approximate surface area is 211 Å². The number of benzene rings is 2. The first-order chi connectivity index (χ1) is 16.5. The van der Waals surface area contributed by atoms with Gasteiger partial charge in [0.25, 0.3) is 5.91 Å². The molecule has 1 aliphatic rings. The number of aromatic nitrogens is 2. The minimum atomic E-state index is -0.267. The van der Waals surface area contributed by atoms with Crippen LogP contribution in [0, 0.1) is 0 Å². The summed E-state index contributed by atoms with van der Waals surface area (Å²) in [5.74, 6) is -0.267. The normalized spacial score (nSPS) is 15.2. The van der Waals surface area contributed by atoms with Gasteiger partial charge in [-0.15, -0.1) is 0 Å². The van der Waals surface area contributed by atoms with Gasteiger partial charge < -0.3 is 10.1 Å². The van der Waals surface area contributed by atoms with Gasteiger partial charge in [0, 0.05) is 16.2 Å². The zero-order chi connectivity index (χ0) is 23.7. The van der Waals surface area contributed by atoms with E-state index in [0.29, 0.717) is 28.0 Å². The molecule has 0 radical (unpaired) electrons. The van der Waals surface area contributed by atoms with E-state index in [0.717, 1.165) is 28.0 Å². The van der Waals surface area contributed by atoms with E-state index in [9.17, 15) is 4.79 Å². The minimum Gasteiger partial charge on any atom is -0.372 e. The summed E-state index contributed by atoms with van der Waals surface area (Å²) in [5, 5.41) is 12.9. The molecule has 2 aromatic carbocycles. The Kier molecular flexibility index (Phi) is 6.57. The van der Waals surface area contributed by atoms with Crippen LogP contribution in [0.2, 0.25) is 10.0 Å². The van der Waals surface area contributed by atoms with Crippen LogP contribution in [-0.4, -0.2) is 22.3 Å². The second-order valence-corrected chi connectivity index (χ2v) is 9.63. The van der Waals surface area contributed by atoms with E-state index in [-0.39, 0.29) is 18.6 Å². The van der Waals surface area contributed by atoms with Gasteiger partial charge in [-0.1, -0.05) is 53.5 Å². The Morgan fingerprint density at radius 3 is 2.74 bits per heavy atom. The van der Waals surface area contributed by atoms with Crippen LogP contribution >= 0.6 is 34.5 Å². The third kappa shape index (κ3) is 4.55. The Morgan fingerprint density at radius 2 is 2.00 bits per heavy atom. The molecule has 1 amide bonds. The fraction of sp³-hybridized carbons (Fsp3) is 0.154. The first-order valence-corrected chi connectivity index (χ1v) is 12.4. The number of carbonyl (C=O) groups excluding carboxylic acids is 1. The highest BCUT2D eigenvalue weighted by Crippen LogP contribution is 2.35. The molecule has 0 fully saturated rings. The molecule has 8 heteroatoms. The maximum absolute atomic E-state index is 13.4. The van der Waals surface area contributed by atoms with Gasteiger partial charge in [-0.3, -0.25) is 4.79 Å². The number of halogens is 2. The number of amides is 1. The second-order valence-electron chi connectivity index (χ2n) is 8.01. The number of nitrogens with one attached hydrogen (secondary N) is 1. The largest absolute Gasteiger partial charge is 0.372 e. The van der Waals surface area contributed by atoms with Crippen LogP contribution in [0.5, 0.6) is 0 Å². The Bertz CT molecular complexity index is 1360. The molecule has 0 unspecified atom stereocenters. The van der Waals surface area contributed by atoms with Crippen molar-refractivity contribution in [2.45, 2.75) is 19.6 Å². The van der Waals surface area contributed by atoms with E-state index in [4.69, 9.17) is 33.0 Å². The van der Waals surface area contributed by atoms with Crippen molar-refractivity contribution in [3.63, 3.8) is 0 Å². The van der Waals surface area contributed by atoms with Crippen molar-refractivity contribution in [2.75, 3.05) is 6.61 Å². The first-order valence-electron chi connectivity index (χ1n) is 10.8. The molecule has 1 atom stereocenters. The molecule has 172 valence electrons. The molecular weight excluding hydrogens is 489 g/mol. The third-order valence-electron chi connectivity index (χ3n) is 5.68. The van der Waals surface area contributed by atoms with Gasteiger partial charge in [-0.05, 0) is 59.2 Å². The third-order valence-corrected chi connectivity index (χ3v) is 6.92. The van der Waals surface area contributed by atoms with Crippen LogP contribution in [0.4, 0.5) is 0 Å². The lowest BCUT2D eigenvalue weighted by Gasteiger charge is -2.19. The summed E-state index contributed by atoms with van der Waals surface area (Å²) in [6, 6.07) is 16.9. The van der Waals surface area contributed by atoms with Crippen LogP contribution < -0.4 is 5.32 Å². The van der Waals surface area contributed by atoms with Crippen LogP contribution in [0.15, 0.2) is 65.4 Å². The van der Waals surface area contributed by atoms with E-state index < -0.39 is 0 Å². The minimum absolute atomic E-state index is 0.182. The molecule has 0 saturated carbocycles. The van der Waals surface area contributed by atoms with E-state index in [1.807, 2.05) is 54.8 Å². The number of thiophene rings is 1. The maximum atomic E-state index is 13.4. The number of hydrogen-bond donors (Lipinski definition) is 1. The van der Waals surface area contributed by atoms with Crippen molar-refractivity contribution in [2.24, 2.45) is 0 Å². The monoisotopic (exact) mass is 509 g/mol. The van der Waals surface area contributed by atoms with Crippen molar-refractivity contribution in [3.05, 3.63) is 103 Å². The number of fused-ring (bicyclic) bond motifs is 1. The first kappa shape index (κ1) is 22.9. The zero-order valence-corrected chi connectivity index (χ0v) is 20.6. The molecule has 0 saturated heterocycles. The van der Waals surface area contributed by atoms with E-state index >= 15 is 0 Å². The summed E-state index contributed by atoms with van der Waals surface area (Å²) < 4.78 is 7.62. The Balaban J connectivity index is 1.61. The number of nitrogens with zero attached hydrogens (tertiary/aromatic N) is 2. The number of hydrogen-bond acceptors (Lipinski definition) is 4. The lowest BCUT2D eigenvalue weighted by Crippen LogP contribution is -2.28. The number of rotatable bonds is 5. The van der Waals surface area contributed by atoms with Gasteiger partial charge in [0.1, 0.15) is 0 Å². The summed E-state index contributed by atoms with van der Waals surface area (Å²) in [7, 11) is 0. The maximum Gasteiger partial charge on any atom is 0.272 e. The topological polar surface area (TPSA) is 56.2 Å². The molecule has 0 aliphatic carbocycles.